The molecule has 0 bridgehead atoms. The van der Waals surface area contributed by atoms with Crippen LogP contribution in [0.3, 0.4) is 0 Å². The molecule has 6 heteroatoms. The lowest BCUT2D eigenvalue weighted by Gasteiger charge is -2.34. The Kier molecular flexibility index (Phi) is 3.87. The minimum atomic E-state index is 0.753. The van der Waals surface area contributed by atoms with Crippen LogP contribution in [0.1, 0.15) is 5.82 Å². The number of nitrogens with two attached hydrogens (primary N) is 1. The van der Waals surface area contributed by atoms with Gasteiger partial charge in [-0.25, -0.2) is 4.98 Å². The summed E-state index contributed by atoms with van der Waals surface area (Å²) in [4.78, 5) is 9.07. The average molecular weight is 224 g/mol. The Morgan fingerprint density at radius 3 is 2.50 bits per heavy atom. The highest BCUT2D eigenvalue weighted by Gasteiger charge is 2.17. The molecule has 0 aliphatic carbocycles. The summed E-state index contributed by atoms with van der Waals surface area (Å²) in [7, 11) is 1.94. The van der Waals surface area contributed by atoms with Crippen molar-refractivity contribution < 1.29 is 0 Å². The summed E-state index contributed by atoms with van der Waals surface area (Å²) in [6.45, 7) is 7.05. The second-order valence-corrected chi connectivity index (χ2v) is 4.21. The zero-order chi connectivity index (χ0) is 11.4. The molecule has 1 fully saturated rings. The van der Waals surface area contributed by atoms with Crippen LogP contribution in [0.5, 0.6) is 0 Å². The Bertz CT molecular complexity index is 315. The van der Waals surface area contributed by atoms with Crippen molar-refractivity contribution in [2.75, 3.05) is 39.3 Å². The van der Waals surface area contributed by atoms with E-state index in [1.54, 1.807) is 6.33 Å². The van der Waals surface area contributed by atoms with Gasteiger partial charge in [-0.05, 0) is 0 Å². The molecule has 1 aliphatic rings. The molecule has 1 saturated heterocycles. The summed E-state index contributed by atoms with van der Waals surface area (Å²) in [5.41, 5.74) is 5.55. The Hall–Kier alpha value is -0.980. The van der Waals surface area contributed by atoms with E-state index in [2.05, 4.69) is 19.9 Å². The smallest absolute Gasteiger partial charge is 0.140 e. The van der Waals surface area contributed by atoms with Crippen LogP contribution in [0.15, 0.2) is 6.33 Å². The van der Waals surface area contributed by atoms with Crippen LogP contribution in [0.2, 0.25) is 0 Å². The van der Waals surface area contributed by atoms with Gasteiger partial charge in [0.15, 0.2) is 0 Å². The van der Waals surface area contributed by atoms with Crippen molar-refractivity contribution in [2.45, 2.75) is 6.54 Å². The van der Waals surface area contributed by atoms with Gasteiger partial charge in [0.2, 0.25) is 0 Å². The molecule has 0 amide bonds. The van der Waals surface area contributed by atoms with Crippen molar-refractivity contribution in [3.63, 3.8) is 0 Å². The third kappa shape index (κ3) is 2.78. The van der Waals surface area contributed by atoms with Gasteiger partial charge in [0.1, 0.15) is 12.2 Å². The van der Waals surface area contributed by atoms with E-state index in [0.717, 1.165) is 51.6 Å². The maximum atomic E-state index is 5.55. The largest absolute Gasteiger partial charge is 0.329 e. The summed E-state index contributed by atoms with van der Waals surface area (Å²) >= 11 is 0. The molecule has 2 rings (SSSR count). The molecule has 2 N–H and O–H groups in total. The van der Waals surface area contributed by atoms with Crippen molar-refractivity contribution in [3.05, 3.63) is 12.2 Å². The van der Waals surface area contributed by atoms with Crippen LogP contribution in [-0.4, -0.2) is 63.8 Å². The van der Waals surface area contributed by atoms with Crippen LogP contribution in [0.4, 0.5) is 0 Å². The fourth-order valence-electron chi connectivity index (χ4n) is 2.02. The molecule has 0 atom stereocenters. The van der Waals surface area contributed by atoms with Crippen LogP contribution in [0.25, 0.3) is 0 Å². The lowest BCUT2D eigenvalue weighted by atomic mass is 10.3. The Morgan fingerprint density at radius 2 is 1.94 bits per heavy atom. The molecule has 6 nitrogen and oxygen atoms in total. The fraction of sp³-hybridized carbons (Fsp3) is 0.800. The highest BCUT2D eigenvalue weighted by Crippen LogP contribution is 2.05. The van der Waals surface area contributed by atoms with Gasteiger partial charge in [-0.15, -0.1) is 0 Å². The van der Waals surface area contributed by atoms with Crippen LogP contribution in [0, 0.1) is 0 Å². The van der Waals surface area contributed by atoms with Gasteiger partial charge in [-0.1, -0.05) is 0 Å². The van der Waals surface area contributed by atoms with Gasteiger partial charge < -0.3 is 5.73 Å². The number of hydrogen-bond donors (Lipinski definition) is 1. The quantitative estimate of drug-likeness (QED) is 0.703. The van der Waals surface area contributed by atoms with E-state index >= 15 is 0 Å². The van der Waals surface area contributed by atoms with E-state index in [0.29, 0.717) is 0 Å². The van der Waals surface area contributed by atoms with Crippen molar-refractivity contribution in [1.82, 2.24) is 24.6 Å². The molecule has 0 unspecified atom stereocenters. The highest BCUT2D eigenvalue weighted by atomic mass is 15.3. The minimum absolute atomic E-state index is 0.753. The van der Waals surface area contributed by atoms with Crippen LogP contribution >= 0.6 is 0 Å². The first-order chi connectivity index (χ1) is 7.79. The molecule has 1 aliphatic heterocycles. The predicted molar refractivity (Wildman–Crippen MR) is 61.8 cm³/mol. The molecule has 0 spiro atoms. The first kappa shape index (κ1) is 11.5. The predicted octanol–water partition coefficient (Wildman–Crippen LogP) is -1.11. The monoisotopic (exact) mass is 224 g/mol. The van der Waals surface area contributed by atoms with Gasteiger partial charge >= 0.3 is 0 Å². The lowest BCUT2D eigenvalue weighted by Crippen LogP contribution is -2.47. The third-order valence-corrected chi connectivity index (χ3v) is 3.08. The Balaban J connectivity index is 1.79. The molecule has 16 heavy (non-hydrogen) atoms. The van der Waals surface area contributed by atoms with E-state index in [1.165, 1.54) is 0 Å². The number of nitrogens with zero attached hydrogens (tertiary/aromatic N) is 5. The van der Waals surface area contributed by atoms with E-state index in [-0.39, 0.29) is 0 Å². The maximum Gasteiger partial charge on any atom is 0.140 e. The fourth-order valence-corrected chi connectivity index (χ4v) is 2.02. The van der Waals surface area contributed by atoms with E-state index in [4.69, 9.17) is 5.73 Å². The second-order valence-electron chi connectivity index (χ2n) is 4.21. The third-order valence-electron chi connectivity index (χ3n) is 3.08. The summed E-state index contributed by atoms with van der Waals surface area (Å²) in [5, 5.41) is 4.08. The Labute approximate surface area is 96.0 Å². The molecule has 90 valence electrons. The number of hydrogen-bond acceptors (Lipinski definition) is 5. The molecule has 2 heterocycles. The molecule has 0 saturated carbocycles. The zero-order valence-electron chi connectivity index (χ0n) is 9.84. The Morgan fingerprint density at radius 1 is 1.25 bits per heavy atom. The number of piperazine rings is 1. The molecular weight excluding hydrogens is 204 g/mol. The normalized spacial score (nSPS) is 19.1. The first-order valence-electron chi connectivity index (χ1n) is 5.77. The van der Waals surface area contributed by atoms with Crippen molar-refractivity contribution in [1.29, 1.82) is 0 Å². The van der Waals surface area contributed by atoms with Crippen molar-refractivity contribution in [3.8, 4) is 0 Å². The number of aromatic nitrogens is 3. The lowest BCUT2D eigenvalue weighted by molar-refractivity contribution is 0.126. The summed E-state index contributed by atoms with van der Waals surface area (Å²) in [5.74, 6) is 1.03. The molecular formula is C10H20N6. The van der Waals surface area contributed by atoms with Gasteiger partial charge in [-0.2, -0.15) is 5.10 Å². The molecule has 1 aromatic rings. The summed E-state index contributed by atoms with van der Waals surface area (Å²) < 4.78 is 1.84. The summed E-state index contributed by atoms with van der Waals surface area (Å²) in [6.07, 6.45) is 1.61. The van der Waals surface area contributed by atoms with Crippen molar-refractivity contribution >= 4 is 0 Å². The minimum Gasteiger partial charge on any atom is -0.329 e. The molecule has 0 aromatic carbocycles. The van der Waals surface area contributed by atoms with E-state index in [1.807, 2.05) is 11.7 Å². The van der Waals surface area contributed by atoms with Gasteiger partial charge in [0.25, 0.3) is 0 Å². The van der Waals surface area contributed by atoms with Gasteiger partial charge in [-0.3, -0.25) is 14.5 Å². The van der Waals surface area contributed by atoms with E-state index < -0.39 is 0 Å². The van der Waals surface area contributed by atoms with Crippen molar-refractivity contribution in [2.24, 2.45) is 12.8 Å². The zero-order valence-corrected chi connectivity index (χ0v) is 9.84. The van der Waals surface area contributed by atoms with Crippen LogP contribution < -0.4 is 5.73 Å². The van der Waals surface area contributed by atoms with Crippen LogP contribution in [-0.2, 0) is 13.6 Å². The first-order valence-corrected chi connectivity index (χ1v) is 5.77. The SMILES string of the molecule is Cn1ncnc1CN1CCN(CCN)CC1. The maximum absolute atomic E-state index is 5.55. The number of aryl methyl sites for hydroxylation is 1. The average Bonchev–Trinajstić information content (AvgIpc) is 2.68. The van der Waals surface area contributed by atoms with Gasteiger partial charge in [0, 0.05) is 46.3 Å². The summed E-state index contributed by atoms with van der Waals surface area (Å²) in [6, 6.07) is 0. The van der Waals surface area contributed by atoms with E-state index in [9.17, 15) is 0 Å². The number of rotatable bonds is 4. The second kappa shape index (κ2) is 5.38. The highest BCUT2D eigenvalue weighted by molar-refractivity contribution is 4.85. The van der Waals surface area contributed by atoms with Gasteiger partial charge in [0.05, 0.1) is 6.54 Å². The molecule has 1 aromatic heterocycles. The topological polar surface area (TPSA) is 63.2 Å². The molecule has 0 radical (unpaired) electrons. The standard InChI is InChI=1S/C10H20N6/c1-14-10(12-9-13-14)8-16-6-4-15(3-2-11)5-7-16/h9H,2-8,11H2,1H3.